The standard InChI is InChI=1S/C19H28N4O2.2ClH/c20-12-15-4-1-2-6-17(15)22-18(24)16-5-3-11-23(13-16)19(25)14-7-9-21-10-8-14;;/h7-10,15-17H,1-6,11-13,20H2,(H,22,24);2*1H. The van der Waals surface area contributed by atoms with Gasteiger partial charge in [0, 0.05) is 37.1 Å². The highest BCUT2D eigenvalue weighted by Crippen LogP contribution is 2.25. The number of likely N-dealkylation sites (tertiary alicyclic amines) is 1. The molecule has 0 radical (unpaired) electrons. The van der Waals surface area contributed by atoms with Crippen LogP contribution in [0.4, 0.5) is 0 Å². The van der Waals surface area contributed by atoms with Crippen LogP contribution in [-0.4, -0.2) is 47.4 Å². The first-order valence-corrected chi connectivity index (χ1v) is 9.38. The normalized spacial score (nSPS) is 24.9. The van der Waals surface area contributed by atoms with E-state index in [1.807, 2.05) is 0 Å². The van der Waals surface area contributed by atoms with Crippen molar-refractivity contribution in [3.63, 3.8) is 0 Å². The van der Waals surface area contributed by atoms with Crippen LogP contribution in [0.15, 0.2) is 24.5 Å². The maximum Gasteiger partial charge on any atom is 0.253 e. The molecular weight excluding hydrogens is 387 g/mol. The number of hydrogen-bond acceptors (Lipinski definition) is 4. The lowest BCUT2D eigenvalue weighted by Crippen LogP contribution is -2.50. The molecule has 1 saturated heterocycles. The smallest absolute Gasteiger partial charge is 0.253 e. The van der Waals surface area contributed by atoms with Gasteiger partial charge in [0.2, 0.25) is 5.91 Å². The minimum absolute atomic E-state index is 0. The molecule has 8 heteroatoms. The average molecular weight is 417 g/mol. The Balaban J connectivity index is 0.00000182. The third-order valence-corrected chi connectivity index (χ3v) is 5.55. The van der Waals surface area contributed by atoms with E-state index in [1.54, 1.807) is 29.4 Å². The highest BCUT2D eigenvalue weighted by molar-refractivity contribution is 5.94. The fraction of sp³-hybridized carbons (Fsp3) is 0.632. The summed E-state index contributed by atoms with van der Waals surface area (Å²) in [6, 6.07) is 3.64. The fourth-order valence-electron chi connectivity index (χ4n) is 4.03. The van der Waals surface area contributed by atoms with Gasteiger partial charge in [0.05, 0.1) is 5.92 Å². The van der Waals surface area contributed by atoms with Gasteiger partial charge >= 0.3 is 0 Å². The number of carbonyl (C=O) groups excluding carboxylic acids is 2. The number of pyridine rings is 1. The van der Waals surface area contributed by atoms with E-state index in [0.29, 0.717) is 31.1 Å². The van der Waals surface area contributed by atoms with Crippen LogP contribution < -0.4 is 11.1 Å². The molecule has 3 rings (SSSR count). The maximum atomic E-state index is 12.7. The zero-order valence-electron chi connectivity index (χ0n) is 15.5. The molecule has 1 aromatic heterocycles. The van der Waals surface area contributed by atoms with Crippen molar-refractivity contribution < 1.29 is 9.59 Å². The van der Waals surface area contributed by atoms with E-state index in [9.17, 15) is 9.59 Å². The minimum atomic E-state index is -0.125. The van der Waals surface area contributed by atoms with Crippen molar-refractivity contribution >= 4 is 36.6 Å². The molecule has 0 spiro atoms. The van der Waals surface area contributed by atoms with Crippen molar-refractivity contribution in [1.29, 1.82) is 0 Å². The fourth-order valence-corrected chi connectivity index (χ4v) is 4.03. The number of rotatable bonds is 4. The lowest BCUT2D eigenvalue weighted by molar-refractivity contribution is -0.127. The van der Waals surface area contributed by atoms with E-state index in [2.05, 4.69) is 10.3 Å². The summed E-state index contributed by atoms with van der Waals surface area (Å²) >= 11 is 0. The highest BCUT2D eigenvalue weighted by atomic mass is 35.5. The van der Waals surface area contributed by atoms with Gasteiger partial charge < -0.3 is 16.0 Å². The van der Waals surface area contributed by atoms with Gasteiger partial charge in [-0.15, -0.1) is 24.8 Å². The monoisotopic (exact) mass is 416 g/mol. The molecule has 3 N–H and O–H groups in total. The topological polar surface area (TPSA) is 88.3 Å². The zero-order chi connectivity index (χ0) is 17.6. The van der Waals surface area contributed by atoms with Crippen LogP contribution in [0, 0.1) is 11.8 Å². The number of carbonyl (C=O) groups is 2. The number of piperidine rings is 1. The molecule has 2 heterocycles. The van der Waals surface area contributed by atoms with Crippen molar-refractivity contribution in [3.8, 4) is 0 Å². The van der Waals surface area contributed by atoms with Crippen LogP contribution in [-0.2, 0) is 4.79 Å². The van der Waals surface area contributed by atoms with Crippen LogP contribution in [0.5, 0.6) is 0 Å². The van der Waals surface area contributed by atoms with E-state index in [1.165, 1.54) is 6.42 Å². The zero-order valence-corrected chi connectivity index (χ0v) is 17.1. The Morgan fingerprint density at radius 3 is 2.52 bits per heavy atom. The van der Waals surface area contributed by atoms with Gasteiger partial charge in [-0.2, -0.15) is 0 Å². The first kappa shape index (κ1) is 23.7. The Bertz CT molecular complexity index is 603. The highest BCUT2D eigenvalue weighted by Gasteiger charge is 2.32. The first-order valence-electron chi connectivity index (χ1n) is 9.38. The quantitative estimate of drug-likeness (QED) is 0.788. The Morgan fingerprint density at radius 2 is 1.81 bits per heavy atom. The molecule has 2 aliphatic rings. The Morgan fingerprint density at radius 1 is 1.11 bits per heavy atom. The van der Waals surface area contributed by atoms with E-state index < -0.39 is 0 Å². The molecule has 3 unspecified atom stereocenters. The molecule has 0 aromatic carbocycles. The Labute approximate surface area is 173 Å². The van der Waals surface area contributed by atoms with Gasteiger partial charge in [-0.25, -0.2) is 0 Å². The molecule has 0 bridgehead atoms. The van der Waals surface area contributed by atoms with Gasteiger partial charge in [-0.05, 0) is 50.3 Å². The second kappa shape index (κ2) is 11.5. The van der Waals surface area contributed by atoms with Crippen LogP contribution in [0.1, 0.15) is 48.9 Å². The van der Waals surface area contributed by atoms with Gasteiger partial charge in [0.1, 0.15) is 0 Å². The number of aromatic nitrogens is 1. The van der Waals surface area contributed by atoms with E-state index in [0.717, 1.165) is 32.1 Å². The summed E-state index contributed by atoms with van der Waals surface area (Å²) in [6.45, 7) is 1.83. The summed E-state index contributed by atoms with van der Waals surface area (Å²) in [5.41, 5.74) is 6.50. The average Bonchev–Trinajstić information content (AvgIpc) is 2.68. The molecule has 2 amide bonds. The second-order valence-electron chi connectivity index (χ2n) is 7.22. The third-order valence-electron chi connectivity index (χ3n) is 5.55. The van der Waals surface area contributed by atoms with Crippen LogP contribution in [0.2, 0.25) is 0 Å². The van der Waals surface area contributed by atoms with Crippen molar-refractivity contribution in [3.05, 3.63) is 30.1 Å². The van der Waals surface area contributed by atoms with Crippen molar-refractivity contribution in [2.24, 2.45) is 17.6 Å². The predicted molar refractivity (Wildman–Crippen MR) is 110 cm³/mol. The summed E-state index contributed by atoms with van der Waals surface area (Å²) < 4.78 is 0. The van der Waals surface area contributed by atoms with Gasteiger partial charge in [-0.3, -0.25) is 14.6 Å². The summed E-state index contributed by atoms with van der Waals surface area (Å²) in [4.78, 5) is 31.1. The lowest BCUT2D eigenvalue weighted by atomic mass is 9.84. The molecule has 1 aliphatic heterocycles. The van der Waals surface area contributed by atoms with Gasteiger partial charge in [0.25, 0.3) is 5.91 Å². The molecule has 1 saturated carbocycles. The molecule has 27 heavy (non-hydrogen) atoms. The molecule has 6 nitrogen and oxygen atoms in total. The summed E-state index contributed by atoms with van der Waals surface area (Å²) in [7, 11) is 0. The van der Waals surface area contributed by atoms with Gasteiger partial charge in [-0.1, -0.05) is 12.8 Å². The number of nitrogens with one attached hydrogen (secondary N) is 1. The van der Waals surface area contributed by atoms with Crippen LogP contribution in [0.3, 0.4) is 0 Å². The number of amides is 2. The number of halogens is 2. The number of nitrogens with zero attached hydrogens (tertiary/aromatic N) is 2. The predicted octanol–water partition coefficient (Wildman–Crippen LogP) is 2.41. The second-order valence-corrected chi connectivity index (χ2v) is 7.22. The Hall–Kier alpha value is -1.37. The maximum absolute atomic E-state index is 12.7. The van der Waals surface area contributed by atoms with Gasteiger partial charge in [0.15, 0.2) is 0 Å². The molecule has 1 aliphatic carbocycles. The summed E-state index contributed by atoms with van der Waals surface area (Å²) in [6.07, 6.45) is 9.41. The Kier molecular flexibility index (Phi) is 10.1. The summed E-state index contributed by atoms with van der Waals surface area (Å²) in [5.74, 6) is 0.325. The molecule has 1 aromatic rings. The van der Waals surface area contributed by atoms with Crippen molar-refractivity contribution in [2.75, 3.05) is 19.6 Å². The van der Waals surface area contributed by atoms with Crippen LogP contribution >= 0.6 is 24.8 Å². The molecule has 2 fully saturated rings. The SMILES string of the molecule is Cl.Cl.NCC1CCCCC1NC(=O)C1CCCN(C(=O)c2ccncc2)C1. The summed E-state index contributed by atoms with van der Waals surface area (Å²) in [5, 5.41) is 3.22. The van der Waals surface area contributed by atoms with Crippen molar-refractivity contribution in [2.45, 2.75) is 44.6 Å². The van der Waals surface area contributed by atoms with E-state index in [4.69, 9.17) is 5.73 Å². The third kappa shape index (κ3) is 6.06. The molecule has 3 atom stereocenters. The van der Waals surface area contributed by atoms with E-state index in [-0.39, 0.29) is 48.6 Å². The van der Waals surface area contributed by atoms with Crippen molar-refractivity contribution in [1.82, 2.24) is 15.2 Å². The van der Waals surface area contributed by atoms with Crippen LogP contribution in [0.25, 0.3) is 0 Å². The minimum Gasteiger partial charge on any atom is -0.353 e. The van der Waals surface area contributed by atoms with E-state index >= 15 is 0 Å². The number of hydrogen-bond donors (Lipinski definition) is 2. The molecular formula is C19H30Cl2N4O2. The largest absolute Gasteiger partial charge is 0.353 e. The number of nitrogens with two attached hydrogens (primary N) is 1. The lowest BCUT2D eigenvalue weighted by Gasteiger charge is -2.35. The molecule has 152 valence electrons. The first-order chi connectivity index (χ1) is 12.2.